The van der Waals surface area contributed by atoms with Crippen LogP contribution in [-0.4, -0.2) is 30.5 Å². The summed E-state index contributed by atoms with van der Waals surface area (Å²) >= 11 is 0. The zero-order valence-electron chi connectivity index (χ0n) is 22.4. The quantitative estimate of drug-likeness (QED) is 0.0757. The summed E-state index contributed by atoms with van der Waals surface area (Å²) in [7, 11) is -4.67. The van der Waals surface area contributed by atoms with Gasteiger partial charge in [-0.25, -0.2) is 4.52 Å². The molecule has 0 aliphatic carbocycles. The van der Waals surface area contributed by atoms with Crippen molar-refractivity contribution in [3.8, 4) is 5.75 Å². The third-order valence-corrected chi connectivity index (χ3v) is 7.44. The molecule has 1 aliphatic heterocycles. The fourth-order valence-corrected chi connectivity index (χ4v) is 5.18. The van der Waals surface area contributed by atoms with E-state index in [2.05, 4.69) is 6.92 Å². The molecule has 0 bridgehead atoms. The summed E-state index contributed by atoms with van der Waals surface area (Å²) in [5.74, 6) is -0.0435. The fourth-order valence-electron chi connectivity index (χ4n) is 4.40. The van der Waals surface area contributed by atoms with E-state index in [4.69, 9.17) is 18.5 Å². The molecule has 212 valence electrons. The van der Waals surface area contributed by atoms with Gasteiger partial charge < -0.3 is 23.8 Å². The van der Waals surface area contributed by atoms with Gasteiger partial charge in [-0.15, -0.1) is 0 Å². The molecule has 1 aliphatic rings. The van der Waals surface area contributed by atoms with Gasteiger partial charge in [-0.3, -0.25) is 10.1 Å². The number of nitro groups is 1. The molecule has 1 heterocycles. The Hall–Kier alpha value is -1.35. The van der Waals surface area contributed by atoms with Gasteiger partial charge in [0.15, 0.2) is 12.0 Å². The van der Waals surface area contributed by atoms with Crippen molar-refractivity contribution in [2.45, 2.75) is 122 Å². The van der Waals surface area contributed by atoms with E-state index in [0.29, 0.717) is 13.0 Å². The van der Waals surface area contributed by atoms with E-state index in [1.54, 1.807) is 0 Å². The molecule has 1 fully saturated rings. The fraction of sp³-hybridized carbons (Fsp3) is 0.778. The second-order valence-corrected chi connectivity index (χ2v) is 11.2. The van der Waals surface area contributed by atoms with Crippen molar-refractivity contribution in [3.05, 3.63) is 34.4 Å². The first kappa shape index (κ1) is 31.9. The van der Waals surface area contributed by atoms with Crippen molar-refractivity contribution in [3.63, 3.8) is 0 Å². The van der Waals surface area contributed by atoms with Gasteiger partial charge in [-0.05, 0) is 37.8 Å². The van der Waals surface area contributed by atoms with Crippen molar-refractivity contribution in [1.29, 1.82) is 0 Å². The summed E-state index contributed by atoms with van der Waals surface area (Å²) in [6.07, 6.45) is 17.7. The van der Waals surface area contributed by atoms with E-state index >= 15 is 0 Å². The molecule has 37 heavy (non-hydrogen) atoms. The summed E-state index contributed by atoms with van der Waals surface area (Å²) in [4.78, 5) is 34.9. The minimum Gasteiger partial charge on any atom is -0.627 e. The standard InChI is InChI=1S/C27H46NO8P/c1-2-3-4-5-6-7-8-9-10-11-12-13-16-26(35-27-17-14-15-22-33-27)23-34-37(31,32)36-25-20-18-24(19-21-25)28(29)30/h18-21,26-27H,2-17,22-23H2,1H3,(H,31,32)/p-1. The van der Waals surface area contributed by atoms with Gasteiger partial charge >= 0.3 is 0 Å². The van der Waals surface area contributed by atoms with Crippen molar-refractivity contribution < 1.29 is 33.2 Å². The van der Waals surface area contributed by atoms with E-state index in [0.717, 1.165) is 38.5 Å². The molecule has 0 N–H and O–H groups in total. The summed E-state index contributed by atoms with van der Waals surface area (Å²) in [6, 6.07) is 4.80. The molecule has 2 unspecified atom stereocenters. The number of hydrogen-bond acceptors (Lipinski definition) is 8. The topological polar surface area (TPSA) is 126 Å². The highest BCUT2D eigenvalue weighted by Gasteiger charge is 2.25. The number of ether oxygens (including phenoxy) is 2. The second-order valence-electron chi connectivity index (χ2n) is 9.82. The maximum Gasteiger partial charge on any atom is 0.269 e. The van der Waals surface area contributed by atoms with E-state index in [9.17, 15) is 19.9 Å². The predicted octanol–water partition coefficient (Wildman–Crippen LogP) is 6.39. The van der Waals surface area contributed by atoms with E-state index in [-0.39, 0.29) is 24.3 Å². The Kier molecular flexibility index (Phi) is 16.2. The van der Waals surface area contributed by atoms with Gasteiger partial charge in [0.1, 0.15) is 6.61 Å². The first-order chi connectivity index (χ1) is 17.9. The van der Waals surface area contributed by atoms with Crippen LogP contribution in [0.4, 0.5) is 5.69 Å². The molecule has 1 saturated heterocycles. The molecule has 1 aromatic rings. The third-order valence-electron chi connectivity index (χ3n) is 6.55. The van der Waals surface area contributed by atoms with Crippen LogP contribution in [0.25, 0.3) is 0 Å². The average Bonchev–Trinajstić information content (AvgIpc) is 2.88. The van der Waals surface area contributed by atoms with Crippen LogP contribution < -0.4 is 14.3 Å². The van der Waals surface area contributed by atoms with E-state index in [1.807, 2.05) is 0 Å². The lowest BCUT2D eigenvalue weighted by atomic mass is 10.0. The van der Waals surface area contributed by atoms with Crippen LogP contribution in [-0.2, 0) is 14.0 Å². The zero-order valence-corrected chi connectivity index (χ0v) is 23.2. The molecule has 2 atom stereocenters. The van der Waals surface area contributed by atoms with Crippen molar-refractivity contribution >= 4 is 13.9 Å². The van der Waals surface area contributed by atoms with Crippen LogP contribution in [0.1, 0.15) is 110 Å². The highest BCUT2D eigenvalue weighted by Crippen LogP contribution is 2.44. The lowest BCUT2D eigenvalue weighted by Gasteiger charge is -2.33. The summed E-state index contributed by atoms with van der Waals surface area (Å²) in [5.41, 5.74) is -0.155. The summed E-state index contributed by atoms with van der Waals surface area (Å²) in [5, 5.41) is 10.8. The van der Waals surface area contributed by atoms with Crippen molar-refractivity contribution in [1.82, 2.24) is 0 Å². The Morgan fingerprint density at radius 2 is 1.54 bits per heavy atom. The highest BCUT2D eigenvalue weighted by atomic mass is 31.2. The first-order valence-electron chi connectivity index (χ1n) is 14.1. The number of rotatable bonds is 21. The Labute approximate surface area is 222 Å². The first-order valence-corrected chi connectivity index (χ1v) is 15.5. The lowest BCUT2D eigenvalue weighted by Crippen LogP contribution is -2.35. The molecule has 0 aromatic heterocycles. The summed E-state index contributed by atoms with van der Waals surface area (Å²) < 4.78 is 21.8. The van der Waals surface area contributed by atoms with Gasteiger partial charge in [-0.2, -0.15) is 0 Å². The smallest absolute Gasteiger partial charge is 0.269 e. The number of phosphoric ester groups is 1. The number of nitrogens with zero attached hydrogens (tertiary/aromatic N) is 1. The maximum atomic E-state index is 12.4. The van der Waals surface area contributed by atoms with Gasteiger partial charge in [0, 0.05) is 18.7 Å². The number of hydrogen-bond donors (Lipinski definition) is 0. The number of phosphoric acid groups is 1. The number of non-ortho nitro benzene ring substituents is 1. The van der Waals surface area contributed by atoms with E-state index in [1.165, 1.54) is 82.1 Å². The second kappa shape index (κ2) is 18.8. The minimum atomic E-state index is -4.67. The molecule has 10 heteroatoms. The van der Waals surface area contributed by atoms with Crippen molar-refractivity contribution in [2.75, 3.05) is 13.2 Å². The van der Waals surface area contributed by atoms with Crippen LogP contribution in [0.2, 0.25) is 0 Å². The monoisotopic (exact) mass is 542 g/mol. The Morgan fingerprint density at radius 1 is 0.946 bits per heavy atom. The van der Waals surface area contributed by atoms with Crippen molar-refractivity contribution in [2.24, 2.45) is 0 Å². The zero-order chi connectivity index (χ0) is 26.8. The van der Waals surface area contributed by atoms with Gasteiger partial charge in [-0.1, -0.05) is 84.0 Å². The molecular weight excluding hydrogens is 497 g/mol. The molecule has 9 nitrogen and oxygen atoms in total. The normalized spacial score (nSPS) is 17.0. The van der Waals surface area contributed by atoms with Gasteiger partial charge in [0.25, 0.3) is 5.69 Å². The largest absolute Gasteiger partial charge is 0.627 e. The molecule has 0 saturated carbocycles. The average molecular weight is 543 g/mol. The molecule has 2 rings (SSSR count). The maximum absolute atomic E-state index is 12.4. The third kappa shape index (κ3) is 15.0. The lowest BCUT2D eigenvalue weighted by molar-refractivity contribution is -0.385. The summed E-state index contributed by atoms with van der Waals surface area (Å²) in [6.45, 7) is 2.72. The van der Waals surface area contributed by atoms with Gasteiger partial charge in [0.2, 0.25) is 8.17 Å². The van der Waals surface area contributed by atoms with Gasteiger partial charge in [0.05, 0.1) is 11.0 Å². The Morgan fingerprint density at radius 3 is 2.08 bits per heavy atom. The predicted molar refractivity (Wildman–Crippen MR) is 141 cm³/mol. The number of benzene rings is 1. The number of unbranched alkanes of at least 4 members (excludes halogenated alkanes) is 11. The minimum absolute atomic E-state index is 0.0435. The number of nitro benzene ring substituents is 1. The molecular formula is C27H45NO8P-. The highest BCUT2D eigenvalue weighted by molar-refractivity contribution is 7.51. The van der Waals surface area contributed by atoms with Crippen LogP contribution in [0, 0.1) is 10.1 Å². The molecule has 0 spiro atoms. The molecule has 0 amide bonds. The van der Waals surface area contributed by atoms with Crippen LogP contribution in [0.3, 0.4) is 0 Å². The van der Waals surface area contributed by atoms with Crippen LogP contribution in [0.5, 0.6) is 5.75 Å². The van der Waals surface area contributed by atoms with E-state index < -0.39 is 19.2 Å². The SMILES string of the molecule is CCCCCCCCCCCCCCC(CO[P+]([O-])([O-])Oc1ccc([N+](=O)[O-])cc1)OC1CCCCO1. The Bertz CT molecular complexity index is 728. The van der Waals surface area contributed by atoms with Crippen LogP contribution >= 0.6 is 8.17 Å². The molecule has 1 aromatic carbocycles. The van der Waals surface area contributed by atoms with Crippen LogP contribution in [0.15, 0.2) is 24.3 Å². The Balaban J connectivity index is 1.69. The molecule has 0 radical (unpaired) electrons.